The van der Waals surface area contributed by atoms with E-state index in [-0.39, 0.29) is 0 Å². The highest BCUT2D eigenvalue weighted by Gasteiger charge is 2.24. The molecule has 0 aromatic carbocycles. The Labute approximate surface area is 118 Å². The number of halogens is 1. The van der Waals surface area contributed by atoms with E-state index in [1.165, 1.54) is 25.7 Å². The first kappa shape index (κ1) is 13.8. The maximum atomic E-state index is 6.00. The SMILES string of the molecule is CC1CCCC(c2nc(N)c(Br)c(C(C)C)n2)C1. The van der Waals surface area contributed by atoms with E-state index >= 15 is 0 Å². The van der Waals surface area contributed by atoms with E-state index in [0.717, 1.165) is 21.9 Å². The molecule has 100 valence electrons. The fraction of sp³-hybridized carbons (Fsp3) is 0.714. The molecular weight excluding hydrogens is 290 g/mol. The quantitative estimate of drug-likeness (QED) is 0.888. The lowest BCUT2D eigenvalue weighted by Gasteiger charge is -2.26. The van der Waals surface area contributed by atoms with Crippen LogP contribution in [0.5, 0.6) is 0 Å². The van der Waals surface area contributed by atoms with E-state index in [1.54, 1.807) is 0 Å². The van der Waals surface area contributed by atoms with E-state index in [9.17, 15) is 0 Å². The first-order valence-corrected chi connectivity index (χ1v) is 7.61. The van der Waals surface area contributed by atoms with Gasteiger partial charge in [0.15, 0.2) is 0 Å². The lowest BCUT2D eigenvalue weighted by Crippen LogP contribution is -2.16. The summed E-state index contributed by atoms with van der Waals surface area (Å²) in [5.41, 5.74) is 7.04. The van der Waals surface area contributed by atoms with Crippen LogP contribution < -0.4 is 5.73 Å². The summed E-state index contributed by atoms with van der Waals surface area (Å²) < 4.78 is 0.866. The highest BCUT2D eigenvalue weighted by molar-refractivity contribution is 9.10. The molecule has 0 amide bonds. The van der Waals surface area contributed by atoms with E-state index < -0.39 is 0 Å². The fourth-order valence-corrected chi connectivity index (χ4v) is 3.37. The van der Waals surface area contributed by atoms with Crippen molar-refractivity contribution >= 4 is 21.7 Å². The number of hydrogen-bond donors (Lipinski definition) is 1. The van der Waals surface area contributed by atoms with Crippen LogP contribution in [0.15, 0.2) is 4.47 Å². The third-order valence-corrected chi connectivity index (χ3v) is 4.58. The van der Waals surface area contributed by atoms with Gasteiger partial charge in [-0.1, -0.05) is 33.6 Å². The van der Waals surface area contributed by atoms with Gasteiger partial charge >= 0.3 is 0 Å². The van der Waals surface area contributed by atoms with Gasteiger partial charge in [0.2, 0.25) is 0 Å². The van der Waals surface area contributed by atoms with Crippen LogP contribution in [0.1, 0.15) is 69.8 Å². The number of nitrogen functional groups attached to an aromatic ring is 1. The normalized spacial score (nSPS) is 24.5. The Hall–Kier alpha value is -0.640. The van der Waals surface area contributed by atoms with E-state index in [2.05, 4.69) is 41.7 Å². The minimum Gasteiger partial charge on any atom is -0.383 e. The Morgan fingerprint density at radius 2 is 2.00 bits per heavy atom. The number of aromatic nitrogens is 2. The second kappa shape index (κ2) is 5.55. The van der Waals surface area contributed by atoms with Gasteiger partial charge in [-0.3, -0.25) is 0 Å². The Kier molecular flexibility index (Phi) is 4.25. The van der Waals surface area contributed by atoms with Crippen LogP contribution in [0.25, 0.3) is 0 Å². The molecule has 2 N–H and O–H groups in total. The molecule has 1 fully saturated rings. The highest BCUT2D eigenvalue weighted by Crippen LogP contribution is 2.36. The number of nitrogens with zero attached hydrogens (tertiary/aromatic N) is 2. The molecule has 1 aromatic rings. The number of rotatable bonds is 2. The molecule has 18 heavy (non-hydrogen) atoms. The average Bonchev–Trinajstić information content (AvgIpc) is 2.32. The predicted molar refractivity (Wildman–Crippen MR) is 78.6 cm³/mol. The van der Waals surface area contributed by atoms with Gasteiger partial charge in [0, 0.05) is 5.92 Å². The summed E-state index contributed by atoms with van der Waals surface area (Å²) in [5, 5.41) is 0. The lowest BCUT2D eigenvalue weighted by molar-refractivity contribution is 0.334. The summed E-state index contributed by atoms with van der Waals surface area (Å²) in [5.74, 6) is 3.17. The van der Waals surface area contributed by atoms with Gasteiger partial charge in [0.05, 0.1) is 10.2 Å². The number of nitrogens with two attached hydrogens (primary N) is 1. The van der Waals surface area contributed by atoms with Crippen molar-refractivity contribution in [1.29, 1.82) is 0 Å². The molecule has 0 radical (unpaired) electrons. The van der Waals surface area contributed by atoms with E-state index in [4.69, 9.17) is 10.7 Å². The second-order valence-electron chi connectivity index (χ2n) is 5.79. The number of anilines is 1. The third-order valence-electron chi connectivity index (χ3n) is 3.77. The zero-order valence-corrected chi connectivity index (χ0v) is 13.0. The van der Waals surface area contributed by atoms with Crippen LogP contribution >= 0.6 is 15.9 Å². The summed E-state index contributed by atoms with van der Waals surface area (Å²) in [6.45, 7) is 6.59. The molecule has 2 atom stereocenters. The zero-order valence-electron chi connectivity index (χ0n) is 11.4. The summed E-state index contributed by atoms with van der Waals surface area (Å²) in [6, 6.07) is 0. The molecule has 1 aromatic heterocycles. The largest absolute Gasteiger partial charge is 0.383 e. The van der Waals surface area contributed by atoms with Crippen molar-refractivity contribution in [1.82, 2.24) is 9.97 Å². The summed E-state index contributed by atoms with van der Waals surface area (Å²) >= 11 is 3.50. The van der Waals surface area contributed by atoms with Gasteiger partial charge in [-0.2, -0.15) is 0 Å². The Morgan fingerprint density at radius 1 is 1.28 bits per heavy atom. The monoisotopic (exact) mass is 311 g/mol. The van der Waals surface area contributed by atoms with Crippen molar-refractivity contribution in [3.63, 3.8) is 0 Å². The van der Waals surface area contributed by atoms with Gasteiger partial charge in [0.25, 0.3) is 0 Å². The summed E-state index contributed by atoms with van der Waals surface area (Å²) in [6.07, 6.45) is 5.00. The van der Waals surface area contributed by atoms with Crippen molar-refractivity contribution < 1.29 is 0 Å². The first-order valence-electron chi connectivity index (χ1n) is 6.81. The fourth-order valence-electron chi connectivity index (χ4n) is 2.73. The molecule has 1 saturated carbocycles. The van der Waals surface area contributed by atoms with Crippen molar-refractivity contribution in [3.8, 4) is 0 Å². The molecule has 2 unspecified atom stereocenters. The molecule has 1 aliphatic rings. The van der Waals surface area contributed by atoms with Crippen LogP contribution in [0, 0.1) is 5.92 Å². The van der Waals surface area contributed by atoms with Crippen molar-refractivity contribution in [3.05, 3.63) is 16.0 Å². The van der Waals surface area contributed by atoms with E-state index in [0.29, 0.717) is 17.7 Å². The van der Waals surface area contributed by atoms with Gasteiger partial charge < -0.3 is 5.73 Å². The molecular formula is C14H22BrN3. The van der Waals surface area contributed by atoms with Crippen molar-refractivity contribution in [2.75, 3.05) is 5.73 Å². The van der Waals surface area contributed by atoms with E-state index in [1.807, 2.05) is 0 Å². The van der Waals surface area contributed by atoms with Gasteiger partial charge in [0.1, 0.15) is 11.6 Å². The molecule has 1 heterocycles. The van der Waals surface area contributed by atoms with Crippen molar-refractivity contribution in [2.24, 2.45) is 5.92 Å². The third kappa shape index (κ3) is 2.85. The maximum absolute atomic E-state index is 6.00. The second-order valence-corrected chi connectivity index (χ2v) is 6.58. The predicted octanol–water partition coefficient (Wildman–Crippen LogP) is 4.24. The number of hydrogen-bond acceptors (Lipinski definition) is 3. The average molecular weight is 312 g/mol. The summed E-state index contributed by atoms with van der Waals surface area (Å²) in [4.78, 5) is 9.25. The first-order chi connectivity index (χ1) is 8.49. The van der Waals surface area contributed by atoms with Crippen LogP contribution in [-0.2, 0) is 0 Å². The van der Waals surface area contributed by atoms with Crippen molar-refractivity contribution in [2.45, 2.75) is 58.3 Å². The molecule has 0 saturated heterocycles. The molecule has 0 aliphatic heterocycles. The van der Waals surface area contributed by atoms with Crippen LogP contribution in [0.3, 0.4) is 0 Å². The Morgan fingerprint density at radius 3 is 2.61 bits per heavy atom. The van der Waals surface area contributed by atoms with Crippen LogP contribution in [0.4, 0.5) is 5.82 Å². The molecule has 3 nitrogen and oxygen atoms in total. The lowest BCUT2D eigenvalue weighted by atomic mass is 9.82. The van der Waals surface area contributed by atoms with Gasteiger partial charge in [-0.15, -0.1) is 0 Å². The highest BCUT2D eigenvalue weighted by atomic mass is 79.9. The minimum atomic E-state index is 0.365. The van der Waals surface area contributed by atoms with Crippen LogP contribution in [-0.4, -0.2) is 9.97 Å². The smallest absolute Gasteiger partial charge is 0.141 e. The van der Waals surface area contributed by atoms with Crippen LogP contribution in [0.2, 0.25) is 0 Å². The molecule has 4 heteroatoms. The topological polar surface area (TPSA) is 51.8 Å². The summed E-state index contributed by atoms with van der Waals surface area (Å²) in [7, 11) is 0. The molecule has 1 aliphatic carbocycles. The molecule has 0 spiro atoms. The Bertz CT molecular complexity index is 431. The molecule has 2 rings (SSSR count). The zero-order chi connectivity index (χ0) is 13.3. The Balaban J connectivity index is 2.33. The van der Waals surface area contributed by atoms with Gasteiger partial charge in [-0.05, 0) is 40.6 Å². The molecule has 0 bridgehead atoms. The standard InChI is InChI=1S/C14H22BrN3/c1-8(2)12-11(15)13(16)18-14(17-12)10-6-4-5-9(3)7-10/h8-10H,4-7H2,1-3H3,(H2,16,17,18). The maximum Gasteiger partial charge on any atom is 0.141 e. The minimum absolute atomic E-state index is 0.365. The van der Waals surface area contributed by atoms with Gasteiger partial charge in [-0.25, -0.2) is 9.97 Å².